The first-order chi connectivity index (χ1) is 27.5. The molecule has 3 atom stereocenters. The van der Waals surface area contributed by atoms with Gasteiger partial charge >= 0.3 is 6.03 Å². The van der Waals surface area contributed by atoms with Crippen LogP contribution in [0.15, 0.2) is 107 Å². The summed E-state index contributed by atoms with van der Waals surface area (Å²) in [7, 11) is 4.19. The molecule has 0 N–H and O–H groups in total. The zero-order valence-electron chi connectivity index (χ0n) is 35.8. The number of allylic oxidation sites excluding steroid dienone is 7. The van der Waals surface area contributed by atoms with E-state index in [9.17, 15) is 14.4 Å². The number of fused-ring (bicyclic) bond motifs is 2. The van der Waals surface area contributed by atoms with Gasteiger partial charge in [0.15, 0.2) is 0 Å². The summed E-state index contributed by atoms with van der Waals surface area (Å²) in [5, 5.41) is 0. The lowest BCUT2D eigenvalue weighted by Gasteiger charge is -2.38. The van der Waals surface area contributed by atoms with Gasteiger partial charge in [-0.05, 0) is 112 Å². The predicted molar refractivity (Wildman–Crippen MR) is 235 cm³/mol. The molecule has 57 heavy (non-hydrogen) atoms. The number of nitrogens with zero attached hydrogens (tertiary/aromatic N) is 6. The number of unbranched alkanes of at least 4 members (excludes halogenated alkanes) is 3. The zero-order chi connectivity index (χ0) is 41.0. The highest BCUT2D eigenvalue weighted by Crippen LogP contribution is 2.46. The average molecular weight is 773 g/mol. The molecule has 9 nitrogen and oxygen atoms in total. The van der Waals surface area contributed by atoms with Crippen LogP contribution in [0.25, 0.3) is 0 Å². The molecule has 2 aromatic rings. The molecule has 2 fully saturated rings. The molecule has 1 saturated heterocycles. The van der Waals surface area contributed by atoms with Crippen molar-refractivity contribution in [3.63, 3.8) is 0 Å². The molecule has 1 saturated carbocycles. The quantitative estimate of drug-likeness (QED) is 0.108. The molecule has 3 aliphatic heterocycles. The number of carbonyl (C=O) groups is 3. The molecule has 4 aliphatic rings. The summed E-state index contributed by atoms with van der Waals surface area (Å²) in [5.74, 6) is 1.13. The number of carbonyl (C=O) groups excluding carboxylic acids is 3. The molecule has 4 amide bonds. The number of benzene rings is 2. The van der Waals surface area contributed by atoms with E-state index in [1.165, 1.54) is 21.2 Å². The Morgan fingerprint density at radius 2 is 1.04 bits per heavy atom. The number of rotatable bonds is 14. The van der Waals surface area contributed by atoms with E-state index >= 15 is 0 Å². The molecule has 9 heteroatoms. The van der Waals surface area contributed by atoms with Gasteiger partial charge in [-0.25, -0.2) is 4.79 Å². The van der Waals surface area contributed by atoms with Gasteiger partial charge in [0, 0.05) is 38.8 Å². The monoisotopic (exact) mass is 773 g/mol. The Labute approximate surface area is 341 Å². The van der Waals surface area contributed by atoms with Gasteiger partial charge < -0.3 is 19.6 Å². The summed E-state index contributed by atoms with van der Waals surface area (Å²) in [5.41, 5.74) is 7.26. The first-order valence-corrected chi connectivity index (χ1v) is 21.5. The highest BCUT2D eigenvalue weighted by atomic mass is 16.2. The molecule has 0 spiro atoms. The van der Waals surface area contributed by atoms with Gasteiger partial charge in [-0.2, -0.15) is 0 Å². The number of para-hydroxylation sites is 4. The van der Waals surface area contributed by atoms with E-state index in [4.69, 9.17) is 0 Å². The number of urea groups is 1. The number of hydrogen-bond donors (Lipinski definition) is 0. The molecule has 3 unspecified atom stereocenters. The average Bonchev–Trinajstić information content (AvgIpc) is 3.84. The van der Waals surface area contributed by atoms with E-state index in [1.807, 2.05) is 6.92 Å². The third kappa shape index (κ3) is 7.82. The van der Waals surface area contributed by atoms with Gasteiger partial charge in [-0.3, -0.25) is 19.4 Å². The molecule has 0 bridgehead atoms. The van der Waals surface area contributed by atoms with Crippen molar-refractivity contribution in [2.45, 2.75) is 131 Å². The maximum absolute atomic E-state index is 14.9. The van der Waals surface area contributed by atoms with Gasteiger partial charge in [-0.15, -0.1) is 0 Å². The zero-order valence-corrected chi connectivity index (χ0v) is 35.8. The van der Waals surface area contributed by atoms with Crippen LogP contribution in [0, 0.1) is 0 Å². The van der Waals surface area contributed by atoms with Gasteiger partial charge in [0.05, 0.1) is 22.7 Å². The van der Waals surface area contributed by atoms with Crippen molar-refractivity contribution in [2.75, 3.05) is 40.2 Å². The maximum Gasteiger partial charge on any atom is 0.334 e. The third-order valence-corrected chi connectivity index (χ3v) is 12.4. The van der Waals surface area contributed by atoms with Gasteiger partial charge in [0.1, 0.15) is 17.2 Å². The van der Waals surface area contributed by atoms with E-state index in [-0.39, 0.29) is 30.2 Å². The fourth-order valence-electron chi connectivity index (χ4n) is 8.71. The SMILES string of the molecule is CCCCCC(C)N1C(=O)C(=C2/C(=C/C=C3\N(C)c4ccccc4N3C(C)CC)CC/C2=C\C=C2/N(C)c3ccccc3N2C(C)CC)C(=O)N(CCCC)C1=O. The first-order valence-electron chi connectivity index (χ1n) is 21.5. The Balaban J connectivity index is 1.54. The van der Waals surface area contributed by atoms with Crippen molar-refractivity contribution in [3.05, 3.63) is 107 Å². The van der Waals surface area contributed by atoms with Crippen molar-refractivity contribution in [1.29, 1.82) is 0 Å². The number of anilines is 4. The number of amides is 4. The molecule has 0 aromatic heterocycles. The molecule has 3 heterocycles. The number of barbiturate groups is 1. The van der Waals surface area contributed by atoms with Crippen molar-refractivity contribution in [2.24, 2.45) is 0 Å². The minimum atomic E-state index is -0.492. The Morgan fingerprint density at radius 3 is 1.49 bits per heavy atom. The predicted octanol–water partition coefficient (Wildman–Crippen LogP) is 10.7. The minimum absolute atomic E-state index is 0.114. The Bertz CT molecular complexity index is 1910. The van der Waals surface area contributed by atoms with Crippen molar-refractivity contribution in [3.8, 4) is 0 Å². The van der Waals surface area contributed by atoms with Crippen molar-refractivity contribution in [1.82, 2.24) is 9.80 Å². The largest absolute Gasteiger partial charge is 0.334 e. The van der Waals surface area contributed by atoms with Crippen LogP contribution >= 0.6 is 0 Å². The van der Waals surface area contributed by atoms with Crippen LogP contribution in [0.5, 0.6) is 0 Å². The fraction of sp³-hybridized carbons (Fsp3) is 0.479. The summed E-state index contributed by atoms with van der Waals surface area (Å²) < 4.78 is 0. The molecule has 0 radical (unpaired) electrons. The fourth-order valence-corrected chi connectivity index (χ4v) is 8.71. The van der Waals surface area contributed by atoms with Crippen LogP contribution in [-0.4, -0.2) is 66.4 Å². The summed E-state index contributed by atoms with van der Waals surface area (Å²) in [6.07, 6.45) is 17.0. The van der Waals surface area contributed by atoms with Crippen LogP contribution in [0.1, 0.15) is 113 Å². The van der Waals surface area contributed by atoms with Crippen LogP contribution in [0.2, 0.25) is 0 Å². The standard InChI is InChI=1S/C48H64N6O3/c1-10-14-16-21-35(7)54-47(56)45(46(55)51(48(54)57)32-15-11-2)44-36(28-30-42-49(8)38-22-17-19-24-40(38)52(42)33(5)12-3)26-27-37(44)29-31-43-50(9)39-23-18-20-25-41(39)53(43)34(6)13-4/h17-20,22-25,28-31,33-35H,10-16,21,26-27,32H2,1-9H3/b36-28+,37-29+,42-30+,43-31+,45-44?. The highest BCUT2D eigenvalue weighted by molar-refractivity contribution is 6.30. The topological polar surface area (TPSA) is 70.7 Å². The summed E-state index contributed by atoms with van der Waals surface area (Å²) in [6, 6.07) is 16.6. The van der Waals surface area contributed by atoms with E-state index in [0.717, 1.165) is 72.7 Å². The number of imide groups is 2. The maximum atomic E-state index is 14.9. The first kappa shape index (κ1) is 41.6. The lowest BCUT2D eigenvalue weighted by atomic mass is 9.94. The molecular formula is C48H64N6O3. The third-order valence-electron chi connectivity index (χ3n) is 12.4. The normalized spacial score (nSPS) is 21.7. The van der Waals surface area contributed by atoms with E-state index in [0.29, 0.717) is 31.3 Å². The van der Waals surface area contributed by atoms with Crippen LogP contribution in [0.4, 0.5) is 27.5 Å². The van der Waals surface area contributed by atoms with Gasteiger partial charge in [0.2, 0.25) is 0 Å². The van der Waals surface area contributed by atoms with Crippen LogP contribution < -0.4 is 19.6 Å². The second-order valence-electron chi connectivity index (χ2n) is 16.1. The summed E-state index contributed by atoms with van der Waals surface area (Å²) >= 11 is 0. The second kappa shape index (κ2) is 18.0. The van der Waals surface area contributed by atoms with Crippen LogP contribution in [-0.2, 0) is 9.59 Å². The molecule has 6 rings (SSSR count). The van der Waals surface area contributed by atoms with E-state index < -0.39 is 17.8 Å². The smallest absolute Gasteiger partial charge is 0.329 e. The van der Waals surface area contributed by atoms with Gasteiger partial charge in [-0.1, -0.05) is 89.8 Å². The highest BCUT2D eigenvalue weighted by Gasteiger charge is 2.46. The number of hydrogen-bond acceptors (Lipinski definition) is 7. The molecule has 1 aliphatic carbocycles. The van der Waals surface area contributed by atoms with E-state index in [2.05, 4.69) is 148 Å². The molecular weight excluding hydrogens is 709 g/mol. The van der Waals surface area contributed by atoms with Crippen molar-refractivity contribution < 1.29 is 14.4 Å². The summed E-state index contributed by atoms with van der Waals surface area (Å²) in [4.78, 5) is 55.7. The second-order valence-corrected chi connectivity index (χ2v) is 16.1. The lowest BCUT2D eigenvalue weighted by molar-refractivity contribution is -0.137. The van der Waals surface area contributed by atoms with Crippen molar-refractivity contribution >= 4 is 40.6 Å². The van der Waals surface area contributed by atoms with Crippen LogP contribution in [0.3, 0.4) is 0 Å². The molecule has 304 valence electrons. The summed E-state index contributed by atoms with van der Waals surface area (Å²) in [6.45, 7) is 15.3. The Morgan fingerprint density at radius 1 is 0.561 bits per heavy atom. The Hall–Kier alpha value is -5.05. The molecule has 2 aromatic carbocycles. The van der Waals surface area contributed by atoms with E-state index in [1.54, 1.807) is 0 Å². The lowest BCUT2D eigenvalue weighted by Crippen LogP contribution is -2.59. The Kier molecular flexibility index (Phi) is 13.2. The van der Waals surface area contributed by atoms with Gasteiger partial charge in [0.25, 0.3) is 11.8 Å². The minimum Gasteiger partial charge on any atom is -0.329 e.